The van der Waals surface area contributed by atoms with Crippen molar-refractivity contribution in [2.75, 3.05) is 46.4 Å². The maximum atomic E-state index is 6.91. The second-order valence-corrected chi connectivity index (χ2v) is 9.02. The van der Waals surface area contributed by atoms with Gasteiger partial charge in [-0.05, 0) is 55.3 Å². The summed E-state index contributed by atoms with van der Waals surface area (Å²) in [6.07, 6.45) is 2.25. The number of ether oxygens (including phenoxy) is 1. The molecular weight excluding hydrogens is 428 g/mol. The molecule has 172 valence electrons. The average molecular weight is 461 g/mol. The highest BCUT2D eigenvalue weighted by atomic mass is 35.5. The molecule has 0 atom stereocenters. The van der Waals surface area contributed by atoms with Gasteiger partial charge >= 0.3 is 0 Å². The molecule has 3 nitrogen and oxygen atoms in total. The largest absolute Gasteiger partial charge is 0.494 e. The minimum absolute atomic E-state index is 0.749. The van der Waals surface area contributed by atoms with Crippen molar-refractivity contribution < 1.29 is 4.74 Å². The van der Waals surface area contributed by atoms with Crippen molar-refractivity contribution in [3.63, 3.8) is 0 Å². The molecule has 0 aromatic heterocycles. The highest BCUT2D eigenvalue weighted by Crippen LogP contribution is 2.35. The molecule has 0 amide bonds. The summed E-state index contributed by atoms with van der Waals surface area (Å²) in [5.74, 6) is 0.904. The standard InChI is InChI=1S/C29H33ClN2O/c1-31-19-21-32(22-20-31)18-8-9-23-33-27-16-14-25(15-17-27)28(24-10-4-2-5-11-24)29(30)26-12-6-3-7-13-26/h2-7,10-17H,8-9,18-23H2,1H3/b29-28+. The van der Waals surface area contributed by atoms with Crippen LogP contribution in [0, 0.1) is 0 Å². The second-order valence-electron chi connectivity index (χ2n) is 8.65. The van der Waals surface area contributed by atoms with Crippen molar-refractivity contribution in [2.24, 2.45) is 0 Å². The van der Waals surface area contributed by atoms with E-state index in [9.17, 15) is 0 Å². The van der Waals surface area contributed by atoms with Gasteiger partial charge in [-0.2, -0.15) is 0 Å². The summed E-state index contributed by atoms with van der Waals surface area (Å²) >= 11 is 6.91. The van der Waals surface area contributed by atoms with E-state index >= 15 is 0 Å². The summed E-state index contributed by atoms with van der Waals surface area (Å²) in [4.78, 5) is 4.96. The normalized spacial score (nSPS) is 15.8. The molecule has 0 N–H and O–H groups in total. The third-order valence-corrected chi connectivity index (χ3v) is 6.59. The molecule has 3 aromatic carbocycles. The molecule has 0 saturated carbocycles. The summed E-state index contributed by atoms with van der Waals surface area (Å²) < 4.78 is 6.02. The highest BCUT2D eigenvalue weighted by Gasteiger charge is 2.14. The Morgan fingerprint density at radius 1 is 0.727 bits per heavy atom. The maximum absolute atomic E-state index is 6.91. The van der Waals surface area contributed by atoms with Crippen LogP contribution in [0.3, 0.4) is 0 Å². The molecule has 1 saturated heterocycles. The van der Waals surface area contributed by atoms with E-state index in [4.69, 9.17) is 16.3 Å². The van der Waals surface area contributed by atoms with Crippen LogP contribution in [0.1, 0.15) is 29.5 Å². The molecule has 0 spiro atoms. The minimum Gasteiger partial charge on any atom is -0.494 e. The van der Waals surface area contributed by atoms with Gasteiger partial charge < -0.3 is 14.5 Å². The number of hydrogen-bond donors (Lipinski definition) is 0. The number of likely N-dealkylation sites (N-methyl/N-ethyl adjacent to an activating group) is 1. The zero-order valence-corrected chi connectivity index (χ0v) is 20.2. The van der Waals surface area contributed by atoms with E-state index in [-0.39, 0.29) is 0 Å². The number of piperazine rings is 1. The van der Waals surface area contributed by atoms with Crippen LogP contribution in [0.25, 0.3) is 10.6 Å². The smallest absolute Gasteiger partial charge is 0.119 e. The van der Waals surface area contributed by atoms with Crippen LogP contribution < -0.4 is 4.74 Å². The van der Waals surface area contributed by atoms with Crippen molar-refractivity contribution in [3.8, 4) is 5.75 Å². The lowest BCUT2D eigenvalue weighted by molar-refractivity contribution is 0.150. The van der Waals surface area contributed by atoms with E-state index in [1.165, 1.54) is 39.1 Å². The van der Waals surface area contributed by atoms with Crippen molar-refractivity contribution in [3.05, 3.63) is 102 Å². The number of hydrogen-bond acceptors (Lipinski definition) is 3. The molecule has 1 aliphatic heterocycles. The third-order valence-electron chi connectivity index (χ3n) is 6.19. The molecule has 4 heteroatoms. The first-order valence-electron chi connectivity index (χ1n) is 11.9. The minimum atomic E-state index is 0.749. The van der Waals surface area contributed by atoms with Gasteiger partial charge in [0.15, 0.2) is 0 Å². The van der Waals surface area contributed by atoms with Crippen molar-refractivity contribution in [1.29, 1.82) is 0 Å². The van der Waals surface area contributed by atoms with Gasteiger partial charge in [-0.3, -0.25) is 0 Å². The predicted octanol–water partition coefficient (Wildman–Crippen LogP) is 6.25. The first-order chi connectivity index (χ1) is 16.2. The van der Waals surface area contributed by atoms with E-state index in [1.54, 1.807) is 0 Å². The Hall–Kier alpha value is -2.59. The van der Waals surface area contributed by atoms with E-state index in [1.807, 2.05) is 60.7 Å². The van der Waals surface area contributed by atoms with Gasteiger partial charge in [0, 0.05) is 31.8 Å². The van der Waals surface area contributed by atoms with E-state index in [2.05, 4.69) is 41.1 Å². The number of rotatable bonds is 9. The lowest BCUT2D eigenvalue weighted by atomic mass is 9.95. The molecule has 3 aromatic rings. The van der Waals surface area contributed by atoms with Gasteiger partial charge in [-0.1, -0.05) is 84.4 Å². The van der Waals surface area contributed by atoms with Gasteiger partial charge in [0.05, 0.1) is 11.6 Å². The molecule has 1 heterocycles. The van der Waals surface area contributed by atoms with Gasteiger partial charge in [-0.15, -0.1) is 0 Å². The Kier molecular flexibility index (Phi) is 8.59. The number of benzene rings is 3. The number of nitrogens with zero attached hydrogens (tertiary/aromatic N) is 2. The van der Waals surface area contributed by atoms with Gasteiger partial charge in [-0.25, -0.2) is 0 Å². The molecule has 0 bridgehead atoms. The summed E-state index contributed by atoms with van der Waals surface area (Å²) in [6.45, 7) is 6.63. The molecule has 0 radical (unpaired) electrons. The van der Waals surface area contributed by atoms with Crippen LogP contribution in [0.2, 0.25) is 0 Å². The van der Waals surface area contributed by atoms with Crippen molar-refractivity contribution in [2.45, 2.75) is 12.8 Å². The highest BCUT2D eigenvalue weighted by molar-refractivity contribution is 6.53. The number of unbranched alkanes of at least 4 members (excludes halogenated alkanes) is 1. The predicted molar refractivity (Wildman–Crippen MR) is 140 cm³/mol. The average Bonchev–Trinajstić information content (AvgIpc) is 2.87. The Morgan fingerprint density at radius 3 is 1.94 bits per heavy atom. The third kappa shape index (κ3) is 6.70. The molecule has 0 unspecified atom stereocenters. The van der Waals surface area contributed by atoms with Crippen LogP contribution in [0.15, 0.2) is 84.9 Å². The van der Waals surface area contributed by atoms with Gasteiger partial charge in [0.2, 0.25) is 0 Å². The summed E-state index contributed by atoms with van der Waals surface area (Å²) in [7, 11) is 2.20. The topological polar surface area (TPSA) is 15.7 Å². The monoisotopic (exact) mass is 460 g/mol. The molecule has 33 heavy (non-hydrogen) atoms. The van der Waals surface area contributed by atoms with E-state index < -0.39 is 0 Å². The van der Waals surface area contributed by atoms with Crippen LogP contribution in [-0.2, 0) is 0 Å². The van der Waals surface area contributed by atoms with Crippen LogP contribution in [0.5, 0.6) is 5.75 Å². The molecule has 4 rings (SSSR count). The fraction of sp³-hybridized carbons (Fsp3) is 0.310. The van der Waals surface area contributed by atoms with Crippen LogP contribution in [-0.4, -0.2) is 56.2 Å². The summed E-state index contributed by atoms with van der Waals surface area (Å²) in [5.41, 5.74) is 4.22. The Labute approximate surface area is 203 Å². The number of halogens is 1. The van der Waals surface area contributed by atoms with Crippen LogP contribution >= 0.6 is 11.6 Å². The van der Waals surface area contributed by atoms with E-state index in [0.717, 1.165) is 46.1 Å². The van der Waals surface area contributed by atoms with Crippen LogP contribution in [0.4, 0.5) is 0 Å². The first kappa shape index (κ1) is 23.6. The van der Waals surface area contributed by atoms with Gasteiger partial charge in [0.25, 0.3) is 0 Å². The summed E-state index contributed by atoms with van der Waals surface area (Å²) in [6, 6.07) is 28.8. The molecule has 0 aliphatic carbocycles. The lowest BCUT2D eigenvalue weighted by Crippen LogP contribution is -2.44. The summed E-state index contributed by atoms with van der Waals surface area (Å²) in [5, 5.41) is 0.749. The fourth-order valence-electron chi connectivity index (χ4n) is 4.17. The van der Waals surface area contributed by atoms with Crippen molar-refractivity contribution in [1.82, 2.24) is 9.80 Å². The Morgan fingerprint density at radius 2 is 1.30 bits per heavy atom. The Bertz CT molecular complexity index is 1010. The maximum Gasteiger partial charge on any atom is 0.119 e. The van der Waals surface area contributed by atoms with E-state index in [0.29, 0.717) is 0 Å². The first-order valence-corrected chi connectivity index (χ1v) is 12.2. The zero-order chi connectivity index (χ0) is 22.9. The zero-order valence-electron chi connectivity index (χ0n) is 19.4. The SMILES string of the molecule is CN1CCN(CCCCOc2ccc(/C(=C(/Cl)c3ccccc3)c3ccccc3)cc2)CC1. The lowest BCUT2D eigenvalue weighted by Gasteiger charge is -2.32. The Balaban J connectivity index is 1.38. The van der Waals surface area contributed by atoms with Gasteiger partial charge in [0.1, 0.15) is 5.75 Å². The molecule has 1 fully saturated rings. The quantitative estimate of drug-likeness (QED) is 0.277. The van der Waals surface area contributed by atoms with Crippen molar-refractivity contribution >= 4 is 22.2 Å². The molecule has 1 aliphatic rings. The fourth-order valence-corrected chi connectivity index (χ4v) is 4.51. The second kappa shape index (κ2) is 12.0. The molecular formula is C29H33ClN2O.